The molecule has 4 aromatic rings. The van der Waals surface area contributed by atoms with Gasteiger partial charge in [-0.05, 0) is 48.5 Å². The molecule has 2 aromatic heterocycles. The summed E-state index contributed by atoms with van der Waals surface area (Å²) in [5.41, 5.74) is 2.18. The Morgan fingerprint density at radius 1 is 0.935 bits per heavy atom. The second-order valence-electron chi connectivity index (χ2n) is 6.55. The van der Waals surface area contributed by atoms with Crippen LogP contribution in [0.1, 0.15) is 6.92 Å². The fourth-order valence-corrected chi connectivity index (χ4v) is 3.66. The van der Waals surface area contributed by atoms with E-state index in [4.69, 9.17) is 4.42 Å². The number of anilines is 2. The number of thioether (sulfide) groups is 1. The third kappa shape index (κ3) is 5.01. The van der Waals surface area contributed by atoms with Crippen molar-refractivity contribution in [1.29, 1.82) is 0 Å². The average molecular weight is 433 g/mol. The Morgan fingerprint density at radius 2 is 1.65 bits per heavy atom. The number of carbonyl (C=O) groups excluding carboxylic acids is 2. The quantitative estimate of drug-likeness (QED) is 0.423. The predicted molar refractivity (Wildman–Crippen MR) is 119 cm³/mol. The van der Waals surface area contributed by atoms with Gasteiger partial charge in [-0.1, -0.05) is 30.0 Å². The van der Waals surface area contributed by atoms with Gasteiger partial charge in [0.1, 0.15) is 0 Å². The first-order valence-corrected chi connectivity index (χ1v) is 10.4. The van der Waals surface area contributed by atoms with Crippen molar-refractivity contribution in [1.82, 2.24) is 14.8 Å². The van der Waals surface area contributed by atoms with Crippen molar-refractivity contribution in [2.75, 3.05) is 16.4 Å². The Bertz CT molecular complexity index is 1170. The number of nitrogens with one attached hydrogen (secondary N) is 2. The van der Waals surface area contributed by atoms with E-state index in [0.717, 1.165) is 5.69 Å². The molecule has 0 aliphatic rings. The molecule has 0 spiro atoms. The summed E-state index contributed by atoms with van der Waals surface area (Å²) in [5.74, 6) is 0.972. The van der Waals surface area contributed by atoms with Crippen molar-refractivity contribution in [2.45, 2.75) is 12.1 Å². The summed E-state index contributed by atoms with van der Waals surface area (Å²) in [6.45, 7) is 1.44. The van der Waals surface area contributed by atoms with Crippen molar-refractivity contribution in [2.24, 2.45) is 0 Å². The van der Waals surface area contributed by atoms with Crippen LogP contribution in [-0.4, -0.2) is 32.3 Å². The lowest BCUT2D eigenvalue weighted by Gasteiger charge is -2.09. The molecule has 156 valence electrons. The molecule has 0 aliphatic carbocycles. The zero-order valence-corrected chi connectivity index (χ0v) is 17.4. The number of benzene rings is 2. The Balaban J connectivity index is 1.47. The predicted octanol–water partition coefficient (Wildman–Crippen LogP) is 4.22. The second-order valence-corrected chi connectivity index (χ2v) is 7.49. The average Bonchev–Trinajstić information content (AvgIpc) is 3.43. The number of furan rings is 1. The van der Waals surface area contributed by atoms with E-state index in [0.29, 0.717) is 28.1 Å². The summed E-state index contributed by atoms with van der Waals surface area (Å²) in [4.78, 5) is 23.6. The molecule has 2 amide bonds. The Kier molecular flexibility index (Phi) is 6.13. The number of hydrogen-bond acceptors (Lipinski definition) is 6. The summed E-state index contributed by atoms with van der Waals surface area (Å²) < 4.78 is 7.36. The largest absolute Gasteiger partial charge is 0.461 e. The summed E-state index contributed by atoms with van der Waals surface area (Å²) in [6.07, 6.45) is 1.58. The molecule has 0 unspecified atom stereocenters. The van der Waals surface area contributed by atoms with Gasteiger partial charge in [0, 0.05) is 24.0 Å². The van der Waals surface area contributed by atoms with E-state index in [1.54, 1.807) is 36.6 Å². The van der Waals surface area contributed by atoms with Crippen molar-refractivity contribution in [3.8, 4) is 17.3 Å². The lowest BCUT2D eigenvalue weighted by atomic mass is 10.3. The van der Waals surface area contributed by atoms with Gasteiger partial charge in [0.2, 0.25) is 17.6 Å². The highest BCUT2D eigenvalue weighted by atomic mass is 32.2. The molecule has 2 heterocycles. The maximum atomic E-state index is 12.5. The highest BCUT2D eigenvalue weighted by molar-refractivity contribution is 7.99. The third-order valence-corrected chi connectivity index (χ3v) is 5.14. The van der Waals surface area contributed by atoms with Gasteiger partial charge in [-0.2, -0.15) is 0 Å². The molecule has 0 atom stereocenters. The van der Waals surface area contributed by atoms with E-state index < -0.39 is 0 Å². The highest BCUT2D eigenvalue weighted by Crippen LogP contribution is 2.28. The van der Waals surface area contributed by atoms with Crippen LogP contribution in [0.3, 0.4) is 0 Å². The highest BCUT2D eigenvalue weighted by Gasteiger charge is 2.18. The standard InChI is InChI=1S/C22H19N5O3S/c1-15(28)23-16-9-11-17(12-10-16)24-20(29)14-31-22-26-25-21(19-8-5-13-30-19)27(22)18-6-3-2-4-7-18/h2-13H,14H2,1H3,(H,23,28)(H,24,29). The molecular formula is C22H19N5O3S. The van der Waals surface area contributed by atoms with E-state index in [9.17, 15) is 9.59 Å². The van der Waals surface area contributed by atoms with Gasteiger partial charge in [-0.3, -0.25) is 14.2 Å². The lowest BCUT2D eigenvalue weighted by Crippen LogP contribution is -2.14. The second kappa shape index (κ2) is 9.31. The van der Waals surface area contributed by atoms with Crippen LogP contribution >= 0.6 is 11.8 Å². The molecular weight excluding hydrogens is 414 g/mol. The van der Waals surface area contributed by atoms with Crippen molar-refractivity contribution in [3.05, 3.63) is 73.0 Å². The minimum atomic E-state index is -0.181. The summed E-state index contributed by atoms with van der Waals surface area (Å²) in [6, 6.07) is 20.2. The third-order valence-electron chi connectivity index (χ3n) is 4.21. The molecule has 8 nitrogen and oxygen atoms in total. The summed E-state index contributed by atoms with van der Waals surface area (Å²) >= 11 is 1.28. The molecule has 0 fully saturated rings. The fourth-order valence-electron chi connectivity index (χ4n) is 2.91. The Hall–Kier alpha value is -3.85. The molecule has 2 N–H and O–H groups in total. The van der Waals surface area contributed by atoms with Gasteiger partial charge in [0.25, 0.3) is 0 Å². The van der Waals surface area contributed by atoms with Crippen LogP contribution in [-0.2, 0) is 9.59 Å². The SMILES string of the molecule is CC(=O)Nc1ccc(NC(=O)CSc2nnc(-c3ccco3)n2-c2ccccc2)cc1. The van der Waals surface area contributed by atoms with E-state index in [1.807, 2.05) is 41.0 Å². The van der Waals surface area contributed by atoms with Crippen LogP contribution < -0.4 is 10.6 Å². The minimum Gasteiger partial charge on any atom is -0.461 e. The smallest absolute Gasteiger partial charge is 0.234 e. The number of para-hydroxylation sites is 1. The summed E-state index contributed by atoms with van der Waals surface area (Å²) in [7, 11) is 0. The van der Waals surface area contributed by atoms with Gasteiger partial charge in [0.15, 0.2) is 10.9 Å². The van der Waals surface area contributed by atoms with Crippen LogP contribution in [0.4, 0.5) is 11.4 Å². The van der Waals surface area contributed by atoms with Crippen molar-refractivity contribution < 1.29 is 14.0 Å². The maximum Gasteiger partial charge on any atom is 0.234 e. The molecule has 0 bridgehead atoms. The zero-order chi connectivity index (χ0) is 21.6. The number of nitrogens with zero attached hydrogens (tertiary/aromatic N) is 3. The Morgan fingerprint density at radius 3 is 2.29 bits per heavy atom. The molecule has 0 aliphatic heterocycles. The molecule has 0 radical (unpaired) electrons. The molecule has 4 rings (SSSR count). The van der Waals surface area contributed by atoms with Crippen molar-refractivity contribution in [3.63, 3.8) is 0 Å². The Labute approximate surface area is 182 Å². The molecule has 9 heteroatoms. The van der Waals surface area contributed by atoms with Crippen LogP contribution in [0.2, 0.25) is 0 Å². The van der Waals surface area contributed by atoms with Gasteiger partial charge >= 0.3 is 0 Å². The number of carbonyl (C=O) groups is 2. The normalized spacial score (nSPS) is 10.6. The molecule has 2 aromatic carbocycles. The number of hydrogen-bond donors (Lipinski definition) is 2. The number of amides is 2. The fraction of sp³-hybridized carbons (Fsp3) is 0.0909. The topological polar surface area (TPSA) is 102 Å². The van der Waals surface area contributed by atoms with Crippen LogP contribution in [0.5, 0.6) is 0 Å². The molecule has 0 saturated carbocycles. The van der Waals surface area contributed by atoms with Gasteiger partial charge in [-0.15, -0.1) is 10.2 Å². The first-order valence-electron chi connectivity index (χ1n) is 9.45. The monoisotopic (exact) mass is 433 g/mol. The van der Waals surface area contributed by atoms with E-state index >= 15 is 0 Å². The maximum absolute atomic E-state index is 12.5. The first kappa shape index (κ1) is 20.4. The summed E-state index contributed by atoms with van der Waals surface area (Å²) in [5, 5.41) is 14.6. The van der Waals surface area contributed by atoms with E-state index in [-0.39, 0.29) is 17.6 Å². The van der Waals surface area contributed by atoms with Crippen LogP contribution in [0.15, 0.2) is 82.6 Å². The zero-order valence-electron chi connectivity index (χ0n) is 16.6. The minimum absolute atomic E-state index is 0.148. The number of rotatable bonds is 7. The lowest BCUT2D eigenvalue weighted by molar-refractivity contribution is -0.114. The molecule has 31 heavy (non-hydrogen) atoms. The van der Waals surface area contributed by atoms with E-state index in [1.165, 1.54) is 18.7 Å². The van der Waals surface area contributed by atoms with Crippen molar-refractivity contribution >= 4 is 35.0 Å². The van der Waals surface area contributed by atoms with Crippen LogP contribution in [0, 0.1) is 0 Å². The van der Waals surface area contributed by atoms with Gasteiger partial charge in [-0.25, -0.2) is 0 Å². The van der Waals surface area contributed by atoms with E-state index in [2.05, 4.69) is 20.8 Å². The van der Waals surface area contributed by atoms with Gasteiger partial charge < -0.3 is 15.1 Å². The first-order chi connectivity index (χ1) is 15.1. The van der Waals surface area contributed by atoms with Gasteiger partial charge in [0.05, 0.1) is 12.0 Å². The number of aromatic nitrogens is 3. The van der Waals surface area contributed by atoms with Crippen LogP contribution in [0.25, 0.3) is 17.3 Å². The molecule has 0 saturated heterocycles.